The number of hydrogen-bond acceptors (Lipinski definition) is 3. The molecular formula is C18H16BrClF3N3O2. The number of carbonyl (C=O) groups excluding carboxylic acids is 2. The summed E-state index contributed by atoms with van der Waals surface area (Å²) >= 11 is 5.81. The highest BCUT2D eigenvalue weighted by Gasteiger charge is 2.36. The number of amides is 2. The maximum Gasteiger partial charge on any atom is 0.417 e. The Morgan fingerprint density at radius 2 is 1.93 bits per heavy atom. The molecule has 0 aliphatic carbocycles. The minimum atomic E-state index is -4.66. The van der Waals surface area contributed by atoms with E-state index < -0.39 is 22.7 Å². The Kier molecular flexibility index (Phi) is 7.06. The number of rotatable bonds is 3. The van der Waals surface area contributed by atoms with E-state index in [1.54, 1.807) is 23.4 Å². The molecular weight excluding hydrogens is 463 g/mol. The highest BCUT2D eigenvalue weighted by atomic mass is 79.9. The lowest BCUT2D eigenvalue weighted by atomic mass is 10.1. The molecule has 0 atom stereocenters. The van der Waals surface area contributed by atoms with Gasteiger partial charge in [-0.3, -0.25) is 14.6 Å². The monoisotopic (exact) mass is 477 g/mol. The second kappa shape index (κ2) is 8.91. The molecule has 1 fully saturated rings. The van der Waals surface area contributed by atoms with E-state index >= 15 is 0 Å². The molecule has 150 valence electrons. The number of pyridine rings is 1. The molecule has 1 saturated heterocycles. The van der Waals surface area contributed by atoms with Gasteiger partial charge in [0.05, 0.1) is 16.1 Å². The van der Waals surface area contributed by atoms with Crippen LogP contribution in [0.5, 0.6) is 0 Å². The normalized spacial score (nSPS) is 14.6. The molecule has 0 unspecified atom stereocenters. The lowest BCUT2D eigenvalue weighted by Crippen LogP contribution is -2.51. The van der Waals surface area contributed by atoms with Crippen molar-refractivity contribution in [1.82, 2.24) is 14.8 Å². The molecule has 0 bridgehead atoms. The summed E-state index contributed by atoms with van der Waals surface area (Å²) in [6.07, 6.45) is -1.39. The maximum absolute atomic E-state index is 13.0. The summed E-state index contributed by atoms with van der Waals surface area (Å²) in [6.45, 7) is 0.623. The molecule has 1 aliphatic heterocycles. The predicted molar refractivity (Wildman–Crippen MR) is 102 cm³/mol. The Balaban J connectivity index is 0.00000280. The Morgan fingerprint density at radius 1 is 1.18 bits per heavy atom. The number of carbonyl (C=O) groups is 2. The van der Waals surface area contributed by atoms with Crippen LogP contribution in [0.3, 0.4) is 0 Å². The third-order valence-corrected chi connectivity index (χ3v) is 4.64. The van der Waals surface area contributed by atoms with Crippen molar-refractivity contribution >= 4 is 40.4 Å². The van der Waals surface area contributed by atoms with Gasteiger partial charge in [0, 0.05) is 32.0 Å². The molecule has 1 aromatic carbocycles. The van der Waals surface area contributed by atoms with Crippen LogP contribution in [0.15, 0.2) is 42.7 Å². The number of hydrogen-bond donors (Lipinski definition) is 0. The van der Waals surface area contributed by atoms with Crippen LogP contribution in [0.4, 0.5) is 13.2 Å². The Bertz CT molecular complexity index is 865. The summed E-state index contributed by atoms with van der Waals surface area (Å²) in [7, 11) is 0. The number of aromatic nitrogens is 1. The first-order valence-corrected chi connectivity index (χ1v) is 8.47. The van der Waals surface area contributed by atoms with Gasteiger partial charge in [0.15, 0.2) is 0 Å². The molecule has 10 heteroatoms. The number of alkyl halides is 3. The zero-order chi connectivity index (χ0) is 19.6. The number of halogens is 5. The van der Waals surface area contributed by atoms with E-state index in [1.807, 2.05) is 6.07 Å². The van der Waals surface area contributed by atoms with E-state index in [9.17, 15) is 22.8 Å². The lowest BCUT2D eigenvalue weighted by Gasteiger charge is -2.34. The summed E-state index contributed by atoms with van der Waals surface area (Å²) in [4.78, 5) is 31.7. The highest BCUT2D eigenvalue weighted by molar-refractivity contribution is 8.93. The fourth-order valence-electron chi connectivity index (χ4n) is 2.85. The van der Waals surface area contributed by atoms with Crippen molar-refractivity contribution < 1.29 is 22.8 Å². The van der Waals surface area contributed by atoms with Gasteiger partial charge in [0.25, 0.3) is 5.91 Å². The van der Waals surface area contributed by atoms with Crippen molar-refractivity contribution in [2.24, 2.45) is 0 Å². The molecule has 3 rings (SSSR count). The fraction of sp³-hybridized carbons (Fsp3) is 0.278. The van der Waals surface area contributed by atoms with Crippen LogP contribution in [0.1, 0.15) is 21.5 Å². The third kappa shape index (κ3) is 4.82. The van der Waals surface area contributed by atoms with Crippen molar-refractivity contribution in [1.29, 1.82) is 0 Å². The average Bonchev–Trinajstić information content (AvgIpc) is 2.63. The predicted octanol–water partition coefficient (Wildman–Crippen LogP) is 3.82. The van der Waals surface area contributed by atoms with E-state index in [4.69, 9.17) is 11.6 Å². The second-order valence-corrected chi connectivity index (χ2v) is 6.45. The van der Waals surface area contributed by atoms with E-state index in [2.05, 4.69) is 4.98 Å². The third-order valence-electron chi connectivity index (χ3n) is 4.24. The molecule has 28 heavy (non-hydrogen) atoms. The van der Waals surface area contributed by atoms with Crippen LogP contribution in [-0.2, 0) is 17.5 Å². The van der Waals surface area contributed by atoms with Gasteiger partial charge in [0.1, 0.15) is 6.54 Å². The van der Waals surface area contributed by atoms with Crippen molar-refractivity contribution in [3.63, 3.8) is 0 Å². The standard InChI is InChI=1S/C18H15ClF3N3O2.BrH/c19-16-13(4-1-5-14(16)18(20,21)22)17(27)25-8-7-24(15(26)11-25)10-12-3-2-6-23-9-12;/h1-6,9H,7-8,10-11H2;1H. The van der Waals surface area contributed by atoms with E-state index in [1.165, 1.54) is 11.0 Å². The van der Waals surface area contributed by atoms with Crippen LogP contribution < -0.4 is 0 Å². The lowest BCUT2D eigenvalue weighted by molar-refractivity contribution is -0.138. The molecule has 0 radical (unpaired) electrons. The summed E-state index contributed by atoms with van der Waals surface area (Å²) < 4.78 is 38.9. The minimum Gasteiger partial charge on any atom is -0.335 e. The zero-order valence-corrected chi connectivity index (χ0v) is 16.9. The molecule has 2 amide bonds. The zero-order valence-electron chi connectivity index (χ0n) is 14.4. The largest absolute Gasteiger partial charge is 0.417 e. The van der Waals surface area contributed by atoms with Crippen LogP contribution in [0.25, 0.3) is 0 Å². The van der Waals surface area contributed by atoms with Crippen molar-refractivity contribution in [2.45, 2.75) is 12.7 Å². The summed E-state index contributed by atoms with van der Waals surface area (Å²) in [5.41, 5.74) is -0.483. The van der Waals surface area contributed by atoms with Gasteiger partial charge in [0.2, 0.25) is 5.91 Å². The van der Waals surface area contributed by atoms with Crippen LogP contribution >= 0.6 is 28.6 Å². The topological polar surface area (TPSA) is 53.5 Å². The van der Waals surface area contributed by atoms with Crippen molar-refractivity contribution in [3.8, 4) is 0 Å². The van der Waals surface area contributed by atoms with Gasteiger partial charge >= 0.3 is 6.18 Å². The average molecular weight is 479 g/mol. The molecule has 0 N–H and O–H groups in total. The number of nitrogens with zero attached hydrogens (tertiary/aromatic N) is 3. The Hall–Kier alpha value is -2.13. The van der Waals surface area contributed by atoms with Crippen molar-refractivity contribution in [3.05, 3.63) is 64.4 Å². The molecule has 2 heterocycles. The van der Waals surface area contributed by atoms with Gasteiger partial charge < -0.3 is 9.80 Å². The number of piperazine rings is 1. The molecule has 1 aromatic heterocycles. The van der Waals surface area contributed by atoms with Gasteiger partial charge in [-0.1, -0.05) is 23.7 Å². The molecule has 1 aliphatic rings. The van der Waals surface area contributed by atoms with Gasteiger partial charge in [-0.2, -0.15) is 13.2 Å². The maximum atomic E-state index is 13.0. The van der Waals surface area contributed by atoms with E-state index in [0.717, 1.165) is 17.7 Å². The minimum absolute atomic E-state index is 0. The SMILES string of the molecule is Br.O=C1CN(C(=O)c2cccc(C(F)(F)F)c2Cl)CCN1Cc1cccnc1. The molecule has 2 aromatic rings. The summed E-state index contributed by atoms with van der Waals surface area (Å²) in [6, 6.07) is 6.76. The number of benzene rings is 1. The first-order valence-electron chi connectivity index (χ1n) is 8.09. The first-order chi connectivity index (χ1) is 12.8. The first kappa shape index (κ1) is 22.2. The van der Waals surface area contributed by atoms with Crippen LogP contribution in [0, 0.1) is 0 Å². The Labute approximate surface area is 174 Å². The van der Waals surface area contributed by atoms with E-state index in [0.29, 0.717) is 6.54 Å². The second-order valence-electron chi connectivity index (χ2n) is 6.07. The van der Waals surface area contributed by atoms with E-state index in [-0.39, 0.29) is 48.1 Å². The smallest absolute Gasteiger partial charge is 0.335 e. The summed E-state index contributed by atoms with van der Waals surface area (Å²) in [5.74, 6) is -0.984. The summed E-state index contributed by atoms with van der Waals surface area (Å²) in [5, 5.41) is -0.653. The van der Waals surface area contributed by atoms with Gasteiger partial charge in [-0.15, -0.1) is 17.0 Å². The van der Waals surface area contributed by atoms with Gasteiger partial charge in [-0.25, -0.2) is 0 Å². The quantitative estimate of drug-likeness (QED) is 0.674. The molecule has 0 saturated carbocycles. The fourth-order valence-corrected chi connectivity index (χ4v) is 3.16. The van der Waals surface area contributed by atoms with Gasteiger partial charge in [-0.05, 0) is 23.8 Å². The Morgan fingerprint density at radius 3 is 2.54 bits per heavy atom. The molecule has 0 spiro atoms. The highest BCUT2D eigenvalue weighted by Crippen LogP contribution is 2.36. The van der Waals surface area contributed by atoms with Crippen molar-refractivity contribution in [2.75, 3.05) is 19.6 Å². The molecule has 5 nitrogen and oxygen atoms in total. The van der Waals surface area contributed by atoms with Crippen LogP contribution in [-0.4, -0.2) is 46.2 Å². The van der Waals surface area contributed by atoms with Crippen LogP contribution in [0.2, 0.25) is 5.02 Å².